The van der Waals surface area contributed by atoms with Gasteiger partial charge in [-0.25, -0.2) is 13.2 Å². The maximum atomic E-state index is 13.2. The summed E-state index contributed by atoms with van der Waals surface area (Å²) in [6.45, 7) is 7.04. The maximum absolute atomic E-state index is 13.2. The van der Waals surface area contributed by atoms with Crippen molar-refractivity contribution in [3.05, 3.63) is 53.1 Å². The first-order valence-electron chi connectivity index (χ1n) is 10.9. The Balaban J connectivity index is 1.91. The molecule has 1 N–H and O–H groups in total. The van der Waals surface area contributed by atoms with E-state index in [1.165, 1.54) is 31.4 Å². The summed E-state index contributed by atoms with van der Waals surface area (Å²) in [5, 5.41) is 0. The van der Waals surface area contributed by atoms with Gasteiger partial charge in [-0.3, -0.25) is 9.52 Å². The lowest BCUT2D eigenvalue weighted by Crippen LogP contribution is -2.38. The quantitative estimate of drug-likeness (QED) is 0.612. The van der Waals surface area contributed by atoms with E-state index in [0.29, 0.717) is 30.3 Å². The van der Waals surface area contributed by atoms with Gasteiger partial charge in [0.25, 0.3) is 15.9 Å². The number of piperidine rings is 1. The van der Waals surface area contributed by atoms with Crippen LogP contribution in [-0.2, 0) is 14.8 Å². The third-order valence-corrected chi connectivity index (χ3v) is 7.14. The Morgan fingerprint density at radius 1 is 1.12 bits per heavy atom. The number of nitrogens with zero attached hydrogens (tertiary/aromatic N) is 1. The molecule has 0 spiro atoms. The first kappa shape index (κ1) is 24.6. The summed E-state index contributed by atoms with van der Waals surface area (Å²) in [5.41, 5.74) is 1.34. The van der Waals surface area contributed by atoms with Gasteiger partial charge in [0.2, 0.25) is 0 Å². The summed E-state index contributed by atoms with van der Waals surface area (Å²) < 4.78 is 39.2. The van der Waals surface area contributed by atoms with Gasteiger partial charge < -0.3 is 14.4 Å². The lowest BCUT2D eigenvalue weighted by Gasteiger charge is -2.30. The number of sulfonamides is 1. The summed E-state index contributed by atoms with van der Waals surface area (Å²) in [4.78, 5) is 26.8. The molecule has 1 aliphatic heterocycles. The van der Waals surface area contributed by atoms with Gasteiger partial charge in [0, 0.05) is 13.1 Å². The zero-order chi connectivity index (χ0) is 24.2. The average Bonchev–Trinajstić information content (AvgIpc) is 2.80. The van der Waals surface area contributed by atoms with Crippen LogP contribution in [0.3, 0.4) is 0 Å². The molecular weight excluding hydrogens is 444 g/mol. The van der Waals surface area contributed by atoms with Crippen LogP contribution in [0.15, 0.2) is 41.3 Å². The van der Waals surface area contributed by atoms with Crippen molar-refractivity contribution in [2.75, 3.05) is 31.5 Å². The summed E-state index contributed by atoms with van der Waals surface area (Å²) in [6.07, 6.45) is 1.81. The van der Waals surface area contributed by atoms with Crippen LogP contribution in [0.4, 0.5) is 5.69 Å². The van der Waals surface area contributed by atoms with Gasteiger partial charge in [-0.05, 0) is 68.5 Å². The fourth-order valence-corrected chi connectivity index (χ4v) is 4.83. The molecule has 1 amide bonds. The summed E-state index contributed by atoms with van der Waals surface area (Å²) in [7, 11) is -2.59. The molecule has 1 fully saturated rings. The molecule has 0 atom stereocenters. The van der Waals surface area contributed by atoms with E-state index in [1.54, 1.807) is 30.9 Å². The first-order valence-corrected chi connectivity index (χ1v) is 12.4. The number of ether oxygens (including phenoxy) is 2. The number of hydrogen-bond acceptors (Lipinski definition) is 6. The van der Waals surface area contributed by atoms with E-state index >= 15 is 0 Å². The van der Waals surface area contributed by atoms with Crippen LogP contribution in [0.5, 0.6) is 5.75 Å². The SMILES string of the molecule is CCOC(=O)c1ccc(C)c(NS(=O)(=O)c2ccc(OC)c(C(=O)N3CCC(C)CC3)c2)c1. The van der Waals surface area contributed by atoms with Gasteiger partial charge in [0.15, 0.2) is 0 Å². The molecule has 3 rings (SSSR count). The Hall–Kier alpha value is -3.07. The Morgan fingerprint density at radius 2 is 1.82 bits per heavy atom. The topological polar surface area (TPSA) is 102 Å². The average molecular weight is 475 g/mol. The smallest absolute Gasteiger partial charge is 0.338 e. The number of benzene rings is 2. The number of methoxy groups -OCH3 is 1. The number of carbonyl (C=O) groups excluding carboxylic acids is 2. The molecule has 0 saturated carbocycles. The van der Waals surface area contributed by atoms with Crippen molar-refractivity contribution in [1.29, 1.82) is 0 Å². The van der Waals surface area contributed by atoms with Crippen molar-refractivity contribution in [1.82, 2.24) is 4.90 Å². The second-order valence-electron chi connectivity index (χ2n) is 8.19. The molecule has 0 unspecified atom stereocenters. The zero-order valence-electron chi connectivity index (χ0n) is 19.4. The molecule has 0 aromatic heterocycles. The number of aryl methyl sites for hydroxylation is 1. The van der Waals surface area contributed by atoms with E-state index in [4.69, 9.17) is 9.47 Å². The molecule has 1 aliphatic rings. The highest BCUT2D eigenvalue weighted by atomic mass is 32.2. The third kappa shape index (κ3) is 5.65. The van der Waals surface area contributed by atoms with Gasteiger partial charge in [-0.15, -0.1) is 0 Å². The summed E-state index contributed by atoms with van der Waals surface area (Å²) in [6, 6.07) is 8.87. The number of anilines is 1. The second kappa shape index (κ2) is 10.2. The van der Waals surface area contributed by atoms with Gasteiger partial charge in [0.1, 0.15) is 5.75 Å². The van der Waals surface area contributed by atoms with Crippen LogP contribution in [0.1, 0.15) is 53.0 Å². The molecule has 33 heavy (non-hydrogen) atoms. The van der Waals surface area contributed by atoms with Gasteiger partial charge >= 0.3 is 5.97 Å². The highest BCUT2D eigenvalue weighted by Gasteiger charge is 2.26. The fourth-order valence-electron chi connectivity index (χ4n) is 3.68. The molecule has 0 bridgehead atoms. The fraction of sp³-hybridized carbons (Fsp3) is 0.417. The second-order valence-corrected chi connectivity index (χ2v) is 9.87. The number of hydrogen-bond donors (Lipinski definition) is 1. The number of carbonyl (C=O) groups is 2. The minimum Gasteiger partial charge on any atom is -0.496 e. The standard InChI is InChI=1S/C24H30N2O6S/c1-5-32-24(28)18-7-6-17(3)21(14-18)25-33(29,30)19-8-9-22(31-4)20(15-19)23(27)26-12-10-16(2)11-13-26/h6-9,14-16,25H,5,10-13H2,1-4H3. The van der Waals surface area contributed by atoms with E-state index in [1.807, 2.05) is 0 Å². The molecule has 8 nitrogen and oxygen atoms in total. The Morgan fingerprint density at radius 3 is 2.45 bits per heavy atom. The molecule has 1 heterocycles. The largest absolute Gasteiger partial charge is 0.496 e. The Bertz CT molecular complexity index is 1140. The van der Waals surface area contributed by atoms with Crippen LogP contribution in [0.25, 0.3) is 0 Å². The van der Waals surface area contributed by atoms with Gasteiger partial charge in [0.05, 0.1) is 35.4 Å². The Kier molecular flexibility index (Phi) is 7.63. The van der Waals surface area contributed by atoms with Crippen LogP contribution < -0.4 is 9.46 Å². The van der Waals surface area contributed by atoms with Crippen molar-refractivity contribution in [2.45, 2.75) is 38.5 Å². The van der Waals surface area contributed by atoms with E-state index in [-0.39, 0.29) is 34.2 Å². The van der Waals surface area contributed by atoms with E-state index in [2.05, 4.69) is 11.6 Å². The molecule has 1 saturated heterocycles. The summed E-state index contributed by atoms with van der Waals surface area (Å²) in [5.74, 6) is 0.0842. The lowest BCUT2D eigenvalue weighted by atomic mass is 9.98. The predicted molar refractivity (Wildman–Crippen MR) is 125 cm³/mol. The van der Waals surface area contributed by atoms with E-state index < -0.39 is 16.0 Å². The van der Waals surface area contributed by atoms with Gasteiger partial charge in [-0.1, -0.05) is 13.0 Å². The van der Waals surface area contributed by atoms with E-state index in [9.17, 15) is 18.0 Å². The molecular formula is C24H30N2O6S. The molecule has 0 aliphatic carbocycles. The normalized spacial score (nSPS) is 14.6. The van der Waals surface area contributed by atoms with Crippen LogP contribution >= 0.6 is 0 Å². The minimum atomic E-state index is -4.04. The van der Waals surface area contributed by atoms with Crippen molar-refractivity contribution in [3.63, 3.8) is 0 Å². The monoisotopic (exact) mass is 474 g/mol. The highest BCUT2D eigenvalue weighted by Crippen LogP contribution is 2.28. The van der Waals surface area contributed by atoms with E-state index in [0.717, 1.165) is 12.8 Å². The molecule has 2 aromatic carbocycles. The van der Waals surface area contributed by atoms with Crippen LogP contribution in [0.2, 0.25) is 0 Å². The molecule has 178 valence electrons. The molecule has 0 radical (unpaired) electrons. The predicted octanol–water partition coefficient (Wildman–Crippen LogP) is 3.85. The number of likely N-dealkylation sites (tertiary alicyclic amines) is 1. The van der Waals surface area contributed by atoms with Gasteiger partial charge in [-0.2, -0.15) is 0 Å². The van der Waals surface area contributed by atoms with Crippen LogP contribution in [-0.4, -0.2) is 52.0 Å². The van der Waals surface area contributed by atoms with Crippen molar-refractivity contribution >= 4 is 27.6 Å². The van der Waals surface area contributed by atoms with Crippen molar-refractivity contribution < 1.29 is 27.5 Å². The number of nitrogens with one attached hydrogen (secondary N) is 1. The van der Waals surface area contributed by atoms with Crippen molar-refractivity contribution in [2.24, 2.45) is 5.92 Å². The lowest BCUT2D eigenvalue weighted by molar-refractivity contribution is 0.0526. The highest BCUT2D eigenvalue weighted by molar-refractivity contribution is 7.92. The van der Waals surface area contributed by atoms with Crippen LogP contribution in [0, 0.1) is 12.8 Å². The minimum absolute atomic E-state index is 0.0713. The number of rotatable bonds is 7. The first-order chi connectivity index (χ1) is 15.7. The summed E-state index contributed by atoms with van der Waals surface area (Å²) >= 11 is 0. The zero-order valence-corrected chi connectivity index (χ0v) is 20.2. The molecule has 9 heteroatoms. The molecule has 2 aromatic rings. The third-order valence-electron chi connectivity index (χ3n) is 5.78. The number of amides is 1. The Labute approximate surface area is 194 Å². The van der Waals surface area contributed by atoms with Crippen molar-refractivity contribution in [3.8, 4) is 5.75 Å². The maximum Gasteiger partial charge on any atom is 0.338 e. The number of esters is 1.